The Hall–Kier alpha value is -1.96. The third kappa shape index (κ3) is 4.81. The van der Waals surface area contributed by atoms with Gasteiger partial charge in [-0.25, -0.2) is 0 Å². The van der Waals surface area contributed by atoms with Crippen LogP contribution in [0.25, 0.3) is 6.08 Å². The number of nitrogens with zero attached hydrogens (tertiary/aromatic N) is 1. The maximum atomic E-state index is 12.6. The molecule has 2 amide bonds. The molecule has 7 heteroatoms. The first-order valence-corrected chi connectivity index (χ1v) is 9.86. The number of carbonyl (C=O) groups is 2. The SMILES string of the molecule is O=C(CN1C(=O)/C(=C/c2ccc(Br)cc2)SC1=S)NCc1ccccc1. The van der Waals surface area contributed by atoms with E-state index in [0.29, 0.717) is 15.8 Å². The van der Waals surface area contributed by atoms with Crippen molar-refractivity contribution < 1.29 is 9.59 Å². The molecule has 0 unspecified atom stereocenters. The van der Waals surface area contributed by atoms with Gasteiger partial charge in [0.1, 0.15) is 10.9 Å². The van der Waals surface area contributed by atoms with Gasteiger partial charge in [-0.15, -0.1) is 0 Å². The molecular weight excluding hydrogens is 432 g/mol. The molecule has 132 valence electrons. The number of thioether (sulfide) groups is 1. The number of amides is 2. The van der Waals surface area contributed by atoms with Gasteiger partial charge in [-0.3, -0.25) is 14.5 Å². The van der Waals surface area contributed by atoms with Gasteiger partial charge in [0.25, 0.3) is 5.91 Å². The summed E-state index contributed by atoms with van der Waals surface area (Å²) in [6.07, 6.45) is 1.79. The normalized spacial score (nSPS) is 15.6. The van der Waals surface area contributed by atoms with Gasteiger partial charge in [0, 0.05) is 11.0 Å². The lowest BCUT2D eigenvalue weighted by atomic mass is 10.2. The molecule has 3 rings (SSSR count). The van der Waals surface area contributed by atoms with Crippen molar-refractivity contribution in [3.8, 4) is 0 Å². The molecule has 2 aromatic carbocycles. The van der Waals surface area contributed by atoms with Crippen LogP contribution in [0.3, 0.4) is 0 Å². The van der Waals surface area contributed by atoms with E-state index in [0.717, 1.165) is 15.6 Å². The summed E-state index contributed by atoms with van der Waals surface area (Å²) in [6.45, 7) is 0.346. The first-order chi connectivity index (χ1) is 12.5. The number of rotatable bonds is 5. The van der Waals surface area contributed by atoms with Crippen LogP contribution < -0.4 is 5.32 Å². The quantitative estimate of drug-likeness (QED) is 0.557. The zero-order chi connectivity index (χ0) is 18.5. The summed E-state index contributed by atoms with van der Waals surface area (Å²) in [4.78, 5) is 26.6. The molecule has 0 atom stereocenters. The molecule has 1 N–H and O–H groups in total. The highest BCUT2D eigenvalue weighted by Crippen LogP contribution is 2.32. The van der Waals surface area contributed by atoms with Gasteiger partial charge >= 0.3 is 0 Å². The Labute approximate surface area is 169 Å². The molecular formula is C19H15BrN2O2S2. The minimum atomic E-state index is -0.241. The van der Waals surface area contributed by atoms with E-state index in [2.05, 4.69) is 21.2 Å². The third-order valence-corrected chi connectivity index (χ3v) is 5.58. The van der Waals surface area contributed by atoms with Gasteiger partial charge < -0.3 is 5.32 Å². The summed E-state index contributed by atoms with van der Waals surface area (Å²) in [6, 6.07) is 17.2. The minimum Gasteiger partial charge on any atom is -0.350 e. The highest BCUT2D eigenvalue weighted by atomic mass is 79.9. The molecule has 2 aromatic rings. The highest BCUT2D eigenvalue weighted by molar-refractivity contribution is 9.10. The Balaban J connectivity index is 1.61. The highest BCUT2D eigenvalue weighted by Gasteiger charge is 2.33. The lowest BCUT2D eigenvalue weighted by Gasteiger charge is -2.14. The molecule has 0 aliphatic carbocycles. The maximum Gasteiger partial charge on any atom is 0.266 e. The Bertz CT molecular complexity index is 867. The average Bonchev–Trinajstić information content (AvgIpc) is 2.90. The van der Waals surface area contributed by atoms with Crippen molar-refractivity contribution in [2.24, 2.45) is 0 Å². The van der Waals surface area contributed by atoms with E-state index in [1.54, 1.807) is 6.08 Å². The number of thiocarbonyl (C=S) groups is 1. The summed E-state index contributed by atoms with van der Waals surface area (Å²) < 4.78 is 1.37. The number of halogens is 1. The van der Waals surface area contributed by atoms with Gasteiger partial charge in [-0.2, -0.15) is 0 Å². The second-order valence-corrected chi connectivity index (χ2v) is 8.17. The molecule has 1 aliphatic heterocycles. The Kier molecular flexibility index (Phi) is 6.24. The number of hydrogen-bond donors (Lipinski definition) is 1. The minimum absolute atomic E-state index is 0.0742. The molecule has 0 spiro atoms. The monoisotopic (exact) mass is 446 g/mol. The average molecular weight is 447 g/mol. The standard InChI is InChI=1S/C19H15BrN2O2S2/c20-15-8-6-13(7-9-15)10-16-18(24)22(19(25)26-16)12-17(23)21-11-14-4-2-1-3-5-14/h1-10H,11-12H2,(H,21,23)/b16-10-. The lowest BCUT2D eigenvalue weighted by Crippen LogP contribution is -2.39. The Morgan fingerprint density at radius 3 is 2.54 bits per heavy atom. The molecule has 4 nitrogen and oxygen atoms in total. The van der Waals surface area contributed by atoms with E-state index in [4.69, 9.17) is 12.2 Å². The first-order valence-electron chi connectivity index (χ1n) is 7.84. The molecule has 0 saturated carbocycles. The lowest BCUT2D eigenvalue weighted by molar-refractivity contribution is -0.128. The fraction of sp³-hybridized carbons (Fsp3) is 0.105. The topological polar surface area (TPSA) is 49.4 Å². The molecule has 0 radical (unpaired) electrons. The van der Waals surface area contributed by atoms with E-state index < -0.39 is 0 Å². The van der Waals surface area contributed by atoms with Crippen LogP contribution in [0.5, 0.6) is 0 Å². The maximum absolute atomic E-state index is 12.6. The summed E-state index contributed by atoms with van der Waals surface area (Å²) in [7, 11) is 0. The van der Waals surface area contributed by atoms with E-state index in [1.165, 1.54) is 16.7 Å². The van der Waals surface area contributed by atoms with Crippen LogP contribution >= 0.6 is 39.9 Å². The van der Waals surface area contributed by atoms with Gasteiger partial charge in [-0.1, -0.05) is 82.4 Å². The predicted molar refractivity (Wildman–Crippen MR) is 112 cm³/mol. The fourth-order valence-electron chi connectivity index (χ4n) is 2.34. The summed E-state index contributed by atoms with van der Waals surface area (Å²) in [5.74, 6) is -0.479. The molecule has 26 heavy (non-hydrogen) atoms. The zero-order valence-corrected chi connectivity index (χ0v) is 16.9. The summed E-state index contributed by atoms with van der Waals surface area (Å²) in [5.41, 5.74) is 1.91. The van der Waals surface area contributed by atoms with Crippen molar-refractivity contribution in [2.45, 2.75) is 6.54 Å². The summed E-state index contributed by atoms with van der Waals surface area (Å²) in [5, 5.41) is 2.81. The first kappa shape index (κ1) is 18.8. The van der Waals surface area contributed by atoms with Crippen LogP contribution in [0.15, 0.2) is 64.0 Å². The molecule has 0 bridgehead atoms. The van der Waals surface area contributed by atoms with Gasteiger partial charge in [-0.05, 0) is 29.3 Å². The zero-order valence-electron chi connectivity index (χ0n) is 13.6. The van der Waals surface area contributed by atoms with Crippen molar-refractivity contribution in [3.05, 3.63) is 75.1 Å². The fourth-order valence-corrected chi connectivity index (χ4v) is 3.86. The largest absolute Gasteiger partial charge is 0.350 e. The smallest absolute Gasteiger partial charge is 0.266 e. The molecule has 0 aromatic heterocycles. The van der Waals surface area contributed by atoms with Gasteiger partial charge in [0.15, 0.2) is 0 Å². The molecule has 1 fully saturated rings. The van der Waals surface area contributed by atoms with Gasteiger partial charge in [0.05, 0.1) is 4.91 Å². The van der Waals surface area contributed by atoms with Crippen LogP contribution in [-0.2, 0) is 16.1 Å². The van der Waals surface area contributed by atoms with E-state index in [1.807, 2.05) is 54.6 Å². The van der Waals surface area contributed by atoms with E-state index >= 15 is 0 Å². The second kappa shape index (κ2) is 8.62. The summed E-state index contributed by atoms with van der Waals surface area (Å²) >= 11 is 9.86. The van der Waals surface area contributed by atoms with E-state index in [-0.39, 0.29) is 18.4 Å². The molecule has 1 aliphatic rings. The molecule has 1 saturated heterocycles. The Morgan fingerprint density at radius 2 is 1.85 bits per heavy atom. The number of carbonyl (C=O) groups excluding carboxylic acids is 2. The number of nitrogens with one attached hydrogen (secondary N) is 1. The van der Waals surface area contributed by atoms with Crippen molar-refractivity contribution in [1.82, 2.24) is 10.2 Å². The van der Waals surface area contributed by atoms with Crippen LogP contribution in [0.2, 0.25) is 0 Å². The Morgan fingerprint density at radius 1 is 1.15 bits per heavy atom. The molecule has 1 heterocycles. The number of hydrogen-bond acceptors (Lipinski definition) is 4. The van der Waals surface area contributed by atoms with Gasteiger partial charge in [0.2, 0.25) is 5.91 Å². The van der Waals surface area contributed by atoms with Crippen molar-refractivity contribution >= 4 is 62.1 Å². The van der Waals surface area contributed by atoms with E-state index in [9.17, 15) is 9.59 Å². The van der Waals surface area contributed by atoms with Crippen molar-refractivity contribution in [1.29, 1.82) is 0 Å². The van der Waals surface area contributed by atoms with Crippen molar-refractivity contribution in [2.75, 3.05) is 6.54 Å². The van der Waals surface area contributed by atoms with Crippen LogP contribution in [-0.4, -0.2) is 27.6 Å². The second-order valence-electron chi connectivity index (χ2n) is 5.58. The number of benzene rings is 2. The van der Waals surface area contributed by atoms with Crippen molar-refractivity contribution in [3.63, 3.8) is 0 Å². The van der Waals surface area contributed by atoms with Crippen LogP contribution in [0.1, 0.15) is 11.1 Å². The predicted octanol–water partition coefficient (Wildman–Crippen LogP) is 3.97. The van der Waals surface area contributed by atoms with Crippen LogP contribution in [0, 0.1) is 0 Å². The third-order valence-electron chi connectivity index (χ3n) is 3.68. The van der Waals surface area contributed by atoms with Crippen LogP contribution in [0.4, 0.5) is 0 Å².